The van der Waals surface area contributed by atoms with Crippen LogP contribution in [0.15, 0.2) is 53.4 Å². The molecule has 0 radical (unpaired) electrons. The Kier molecular flexibility index (Phi) is 7.14. The van der Waals surface area contributed by atoms with Crippen molar-refractivity contribution in [1.82, 2.24) is 15.3 Å². The lowest BCUT2D eigenvalue weighted by atomic mass is 10.1. The summed E-state index contributed by atoms with van der Waals surface area (Å²) in [6, 6.07) is 10.4. The molecule has 2 heterocycles. The van der Waals surface area contributed by atoms with Crippen molar-refractivity contribution in [1.29, 1.82) is 0 Å². The molecule has 10 nitrogen and oxygen atoms in total. The summed E-state index contributed by atoms with van der Waals surface area (Å²) >= 11 is 0. The summed E-state index contributed by atoms with van der Waals surface area (Å²) in [6.45, 7) is 3.64. The number of sulfone groups is 1. The number of morpholine rings is 1. The van der Waals surface area contributed by atoms with Crippen LogP contribution in [0.25, 0.3) is 11.4 Å². The number of hydrogen-bond donors (Lipinski definition) is 3. The second kappa shape index (κ2) is 10.5. The first-order valence-electron chi connectivity index (χ1n) is 13.8. The van der Waals surface area contributed by atoms with Crippen molar-refractivity contribution in [2.24, 2.45) is 0 Å². The maximum atomic E-state index is 14.7. The third-order valence-electron chi connectivity index (χ3n) is 8.05. The van der Waals surface area contributed by atoms with Gasteiger partial charge in [0, 0.05) is 36.5 Å². The van der Waals surface area contributed by atoms with Crippen molar-refractivity contribution < 1.29 is 31.8 Å². The highest BCUT2D eigenvalue weighted by molar-refractivity contribution is 7.92. The van der Waals surface area contributed by atoms with E-state index in [1.807, 2.05) is 11.8 Å². The number of aromatic nitrogens is 2. The number of nitrogens with one attached hydrogen (secondary N) is 2. The normalized spacial score (nSPS) is 20.6. The summed E-state index contributed by atoms with van der Waals surface area (Å²) in [7, 11) is -4.27. The maximum absolute atomic E-state index is 14.7. The minimum absolute atomic E-state index is 0.0329. The summed E-state index contributed by atoms with van der Waals surface area (Å²) in [5, 5.41) is 15.3. The molecule has 13 heteroatoms. The molecule has 0 spiro atoms. The van der Waals surface area contributed by atoms with E-state index in [-0.39, 0.29) is 36.9 Å². The van der Waals surface area contributed by atoms with Crippen LogP contribution in [0.3, 0.4) is 0 Å². The Labute approximate surface area is 242 Å². The van der Waals surface area contributed by atoms with E-state index < -0.39 is 42.7 Å². The molecule has 1 aliphatic heterocycles. The van der Waals surface area contributed by atoms with E-state index in [2.05, 4.69) is 15.6 Å². The summed E-state index contributed by atoms with van der Waals surface area (Å²) in [6.07, 6.45) is 1.78. The van der Waals surface area contributed by atoms with Gasteiger partial charge in [-0.05, 0) is 69.0 Å². The molecule has 1 atom stereocenters. The first-order valence-corrected chi connectivity index (χ1v) is 15.3. The Bertz CT molecular complexity index is 1630. The molecule has 2 saturated carbocycles. The highest BCUT2D eigenvalue weighted by atomic mass is 32.2. The summed E-state index contributed by atoms with van der Waals surface area (Å²) in [5.41, 5.74) is 0.516. The SMILES string of the molecule is C[C@H]1COCCN1c1cc(C2(S(=O)(=O)c3ccc(F)cc3F)CC2)nc(-c2ccc(NC(=O)NCC3(O)CC3)cc2)n1. The Morgan fingerprint density at radius 3 is 2.48 bits per heavy atom. The fourth-order valence-electron chi connectivity index (χ4n) is 5.14. The number of anilines is 2. The molecule has 0 bridgehead atoms. The lowest BCUT2D eigenvalue weighted by Gasteiger charge is -2.34. The van der Waals surface area contributed by atoms with Crippen molar-refractivity contribution in [3.8, 4) is 11.4 Å². The quantitative estimate of drug-likeness (QED) is 0.334. The molecule has 1 saturated heterocycles. The molecule has 222 valence electrons. The van der Waals surface area contributed by atoms with Crippen molar-refractivity contribution in [3.63, 3.8) is 0 Å². The largest absolute Gasteiger partial charge is 0.388 e. The van der Waals surface area contributed by atoms with Crippen LogP contribution < -0.4 is 15.5 Å². The van der Waals surface area contributed by atoms with Crippen molar-refractivity contribution >= 4 is 27.4 Å². The highest BCUT2D eigenvalue weighted by Crippen LogP contribution is 2.55. The zero-order valence-electron chi connectivity index (χ0n) is 22.9. The molecule has 2 aromatic carbocycles. The average Bonchev–Trinajstić information content (AvgIpc) is 3.89. The number of halogens is 2. The zero-order valence-corrected chi connectivity index (χ0v) is 23.8. The average molecular weight is 600 g/mol. The molecule has 3 N–H and O–H groups in total. The van der Waals surface area contributed by atoms with Gasteiger partial charge in [-0.15, -0.1) is 0 Å². The zero-order chi connectivity index (χ0) is 29.7. The lowest BCUT2D eigenvalue weighted by molar-refractivity contribution is 0.0985. The maximum Gasteiger partial charge on any atom is 0.319 e. The summed E-state index contributed by atoms with van der Waals surface area (Å²) < 4.78 is 60.0. The van der Waals surface area contributed by atoms with Crippen molar-refractivity contribution in [2.45, 2.75) is 53.9 Å². The number of aliphatic hydroxyl groups is 1. The van der Waals surface area contributed by atoms with Crippen LogP contribution in [0, 0.1) is 11.6 Å². The van der Waals surface area contributed by atoms with E-state index in [0.717, 1.165) is 12.1 Å². The van der Waals surface area contributed by atoms with Crippen LogP contribution in [-0.4, -0.2) is 67.5 Å². The number of rotatable bonds is 8. The van der Waals surface area contributed by atoms with Crippen LogP contribution in [0.5, 0.6) is 0 Å². The van der Waals surface area contributed by atoms with Crippen molar-refractivity contribution in [3.05, 3.63) is 65.9 Å². The first-order chi connectivity index (χ1) is 20.0. The second-order valence-electron chi connectivity index (χ2n) is 11.2. The van der Waals surface area contributed by atoms with E-state index in [1.165, 1.54) is 0 Å². The monoisotopic (exact) mass is 599 g/mol. The number of ether oxygens (including phenoxy) is 1. The number of amides is 2. The molecular weight excluding hydrogens is 568 g/mol. The van der Waals surface area contributed by atoms with Gasteiger partial charge in [-0.2, -0.15) is 0 Å². The minimum atomic E-state index is -4.27. The van der Waals surface area contributed by atoms with Crippen molar-refractivity contribution in [2.75, 3.05) is 36.5 Å². The molecule has 1 aromatic heterocycles. The number of urea groups is 1. The van der Waals surface area contributed by atoms with Crippen LogP contribution in [-0.2, 0) is 19.3 Å². The van der Waals surface area contributed by atoms with Gasteiger partial charge in [0.2, 0.25) is 0 Å². The minimum Gasteiger partial charge on any atom is -0.388 e. The van der Waals surface area contributed by atoms with Gasteiger partial charge in [-0.25, -0.2) is 32.0 Å². The van der Waals surface area contributed by atoms with Gasteiger partial charge in [-0.3, -0.25) is 0 Å². The molecule has 2 amide bonds. The van der Waals surface area contributed by atoms with Gasteiger partial charge >= 0.3 is 6.03 Å². The number of carbonyl (C=O) groups is 1. The molecule has 0 unspecified atom stereocenters. The topological polar surface area (TPSA) is 134 Å². The van der Waals surface area contributed by atoms with E-state index >= 15 is 0 Å². The number of hydrogen-bond acceptors (Lipinski definition) is 8. The van der Waals surface area contributed by atoms with Gasteiger partial charge in [0.05, 0.1) is 30.6 Å². The molecule has 3 aromatic rings. The Morgan fingerprint density at radius 2 is 1.83 bits per heavy atom. The Morgan fingerprint density at radius 1 is 1.10 bits per heavy atom. The van der Waals surface area contributed by atoms with E-state index in [4.69, 9.17) is 9.72 Å². The number of carbonyl (C=O) groups excluding carboxylic acids is 1. The summed E-state index contributed by atoms with van der Waals surface area (Å²) in [5.74, 6) is -1.21. The Hall–Kier alpha value is -3.68. The van der Waals surface area contributed by atoms with Crippen LogP contribution in [0.2, 0.25) is 0 Å². The fourth-order valence-corrected chi connectivity index (χ4v) is 7.14. The summed E-state index contributed by atoms with van der Waals surface area (Å²) in [4.78, 5) is 23.1. The van der Waals surface area contributed by atoms with Gasteiger partial charge in [-0.1, -0.05) is 0 Å². The number of benzene rings is 2. The van der Waals surface area contributed by atoms with Gasteiger partial charge in [0.25, 0.3) is 0 Å². The second-order valence-corrected chi connectivity index (χ2v) is 13.5. The third-order valence-corrected chi connectivity index (χ3v) is 10.6. The molecule has 2 aliphatic carbocycles. The molecule has 3 fully saturated rings. The predicted octanol–water partition coefficient (Wildman–Crippen LogP) is 3.76. The van der Waals surface area contributed by atoms with Gasteiger partial charge in [0.1, 0.15) is 27.1 Å². The van der Waals surface area contributed by atoms with E-state index in [1.54, 1.807) is 30.3 Å². The standard InChI is InChI=1S/C29H31F2N5O5S/c1-18-16-41-13-12-36(18)25-15-24(29(10-11-29)42(39,40)23-7-4-20(30)14-22(23)31)34-26(35-25)19-2-5-21(6-3-19)33-27(37)32-17-28(38)8-9-28/h2-7,14-15,18,38H,8-13,16-17H2,1H3,(H2,32,33,37)/t18-/m0/s1. The van der Waals surface area contributed by atoms with Gasteiger partial charge in [0.15, 0.2) is 15.7 Å². The molecule has 3 aliphatic rings. The smallest absolute Gasteiger partial charge is 0.319 e. The highest BCUT2D eigenvalue weighted by Gasteiger charge is 2.58. The molecular formula is C29H31F2N5O5S. The predicted molar refractivity (Wildman–Crippen MR) is 151 cm³/mol. The van der Waals surface area contributed by atoms with Crippen LogP contribution >= 0.6 is 0 Å². The first kappa shape index (κ1) is 28.4. The van der Waals surface area contributed by atoms with E-state index in [0.29, 0.717) is 55.7 Å². The Balaban J connectivity index is 1.34. The van der Waals surface area contributed by atoms with E-state index in [9.17, 15) is 27.1 Å². The van der Waals surface area contributed by atoms with Gasteiger partial charge < -0.3 is 25.4 Å². The number of nitrogens with zero attached hydrogens (tertiary/aromatic N) is 3. The third kappa shape index (κ3) is 5.43. The molecule has 6 rings (SSSR count). The van der Waals surface area contributed by atoms with Crippen LogP contribution in [0.4, 0.5) is 25.1 Å². The lowest BCUT2D eigenvalue weighted by Crippen LogP contribution is -2.44. The fraction of sp³-hybridized carbons (Fsp3) is 0.414. The van der Waals surface area contributed by atoms with Crippen LogP contribution in [0.1, 0.15) is 38.3 Å². The molecule has 42 heavy (non-hydrogen) atoms.